The molecule has 182 valence electrons. The molecule has 0 aromatic heterocycles. The Morgan fingerprint density at radius 2 is 1.69 bits per heavy atom. The molecule has 0 radical (unpaired) electrons. The Labute approximate surface area is 207 Å². The molecule has 0 saturated heterocycles. The average Bonchev–Trinajstić information content (AvgIpc) is 3.32. The largest absolute Gasteiger partial charge is 0.497 e. The minimum absolute atomic E-state index is 0.00315. The van der Waals surface area contributed by atoms with Gasteiger partial charge in [0.05, 0.1) is 25.2 Å². The van der Waals surface area contributed by atoms with Gasteiger partial charge in [0.2, 0.25) is 0 Å². The number of fused-ring (bicyclic) bond motifs is 3. The fraction of sp³-hybridized carbons (Fsp3) is 0.286. The lowest BCUT2D eigenvalue weighted by molar-refractivity contribution is 0.374. The Balaban J connectivity index is 1.51. The van der Waals surface area contributed by atoms with Gasteiger partial charge in [0.15, 0.2) is 0 Å². The summed E-state index contributed by atoms with van der Waals surface area (Å²) >= 11 is 0. The summed E-state index contributed by atoms with van der Waals surface area (Å²) in [6, 6.07) is 16.9. The average molecular weight is 491 g/mol. The van der Waals surface area contributed by atoms with E-state index >= 15 is 0 Å². The molecule has 0 saturated carbocycles. The Kier molecular flexibility index (Phi) is 5.97. The standard InChI is InChI=1S/C28H30N2O4S/c1-17-12-18(2)14-19(13-17)30-35(31,32)21-9-10-26-24(16-21)22-6-5-7-23(22)28(29-26)25-15-20(33-3)8-11-27(25)34-4/h5-6,8-16,22-23,28-30H,7H2,1-4H3/t22-,23+,28-/m0/s1. The molecule has 2 N–H and O–H groups in total. The summed E-state index contributed by atoms with van der Waals surface area (Å²) in [5.41, 5.74) is 5.54. The van der Waals surface area contributed by atoms with Crippen molar-refractivity contribution in [1.82, 2.24) is 0 Å². The highest BCUT2D eigenvalue weighted by atomic mass is 32.2. The zero-order valence-corrected chi connectivity index (χ0v) is 21.1. The van der Waals surface area contributed by atoms with Gasteiger partial charge < -0.3 is 14.8 Å². The summed E-state index contributed by atoms with van der Waals surface area (Å²) in [5.74, 6) is 1.90. The summed E-state index contributed by atoms with van der Waals surface area (Å²) in [4.78, 5) is 0.258. The Morgan fingerprint density at radius 3 is 2.40 bits per heavy atom. The first-order valence-electron chi connectivity index (χ1n) is 11.7. The normalized spacial score (nSPS) is 20.5. The second-order valence-electron chi connectivity index (χ2n) is 9.31. The number of aryl methyl sites for hydroxylation is 2. The molecule has 3 atom stereocenters. The van der Waals surface area contributed by atoms with E-state index in [0.29, 0.717) is 5.69 Å². The van der Waals surface area contributed by atoms with Gasteiger partial charge in [-0.2, -0.15) is 0 Å². The molecule has 1 aliphatic heterocycles. The van der Waals surface area contributed by atoms with Crippen molar-refractivity contribution in [2.45, 2.75) is 37.1 Å². The second kappa shape index (κ2) is 8.96. The molecule has 1 heterocycles. The van der Waals surface area contributed by atoms with Crippen molar-refractivity contribution >= 4 is 21.4 Å². The molecule has 0 spiro atoms. The van der Waals surface area contributed by atoms with E-state index in [1.54, 1.807) is 26.4 Å². The van der Waals surface area contributed by atoms with Gasteiger partial charge in [0.1, 0.15) is 11.5 Å². The van der Waals surface area contributed by atoms with Crippen molar-refractivity contribution < 1.29 is 17.9 Å². The van der Waals surface area contributed by atoms with E-state index in [1.165, 1.54) is 0 Å². The van der Waals surface area contributed by atoms with Crippen LogP contribution in [0.15, 0.2) is 71.6 Å². The minimum Gasteiger partial charge on any atom is -0.497 e. The number of anilines is 2. The maximum atomic E-state index is 13.3. The van der Waals surface area contributed by atoms with Gasteiger partial charge in [-0.3, -0.25) is 4.72 Å². The van der Waals surface area contributed by atoms with Crippen LogP contribution in [0.5, 0.6) is 11.5 Å². The Hall–Kier alpha value is -3.45. The van der Waals surface area contributed by atoms with Crippen molar-refractivity contribution in [2.24, 2.45) is 5.92 Å². The van der Waals surface area contributed by atoms with Gasteiger partial charge in [-0.25, -0.2) is 8.42 Å². The Bertz CT molecular complexity index is 1390. The van der Waals surface area contributed by atoms with Crippen LogP contribution < -0.4 is 19.5 Å². The molecule has 5 rings (SSSR count). The molecule has 35 heavy (non-hydrogen) atoms. The highest BCUT2D eigenvalue weighted by Crippen LogP contribution is 2.52. The summed E-state index contributed by atoms with van der Waals surface area (Å²) in [7, 11) is -0.404. The van der Waals surface area contributed by atoms with Gasteiger partial charge in [-0.1, -0.05) is 18.2 Å². The van der Waals surface area contributed by atoms with Crippen LogP contribution >= 0.6 is 0 Å². The molecule has 0 bridgehead atoms. The monoisotopic (exact) mass is 490 g/mol. The zero-order chi connectivity index (χ0) is 24.7. The summed E-state index contributed by atoms with van der Waals surface area (Å²) in [6.45, 7) is 3.91. The maximum absolute atomic E-state index is 13.3. The number of rotatable bonds is 6. The van der Waals surface area contributed by atoms with Crippen LogP contribution in [-0.4, -0.2) is 22.6 Å². The van der Waals surface area contributed by atoms with Crippen LogP contribution in [-0.2, 0) is 10.0 Å². The molecule has 3 aromatic rings. The topological polar surface area (TPSA) is 76.7 Å². The first-order chi connectivity index (χ1) is 16.8. The summed E-state index contributed by atoms with van der Waals surface area (Å²) < 4.78 is 40.4. The predicted molar refractivity (Wildman–Crippen MR) is 139 cm³/mol. The van der Waals surface area contributed by atoms with E-state index in [2.05, 4.69) is 22.2 Å². The molecule has 0 unspecified atom stereocenters. The van der Waals surface area contributed by atoms with Crippen LogP contribution in [0.1, 0.15) is 40.6 Å². The highest BCUT2D eigenvalue weighted by molar-refractivity contribution is 7.92. The lowest BCUT2D eigenvalue weighted by Gasteiger charge is -2.38. The zero-order valence-electron chi connectivity index (χ0n) is 20.3. The maximum Gasteiger partial charge on any atom is 0.261 e. The van der Waals surface area contributed by atoms with E-state index in [1.807, 2.05) is 56.3 Å². The third kappa shape index (κ3) is 4.36. The number of methoxy groups -OCH3 is 2. The Morgan fingerprint density at radius 1 is 0.914 bits per heavy atom. The van der Waals surface area contributed by atoms with E-state index in [-0.39, 0.29) is 22.8 Å². The van der Waals surface area contributed by atoms with Crippen molar-refractivity contribution in [3.8, 4) is 11.5 Å². The molecular weight excluding hydrogens is 460 g/mol. The lowest BCUT2D eigenvalue weighted by atomic mass is 9.77. The molecule has 7 heteroatoms. The smallest absolute Gasteiger partial charge is 0.261 e. The minimum atomic E-state index is -3.73. The third-order valence-electron chi connectivity index (χ3n) is 6.89. The highest BCUT2D eigenvalue weighted by Gasteiger charge is 2.39. The van der Waals surface area contributed by atoms with E-state index < -0.39 is 10.0 Å². The summed E-state index contributed by atoms with van der Waals surface area (Å²) in [5, 5.41) is 3.66. The number of hydrogen-bond donors (Lipinski definition) is 2. The fourth-order valence-corrected chi connectivity index (χ4v) is 6.45. The molecule has 2 aliphatic rings. The fourth-order valence-electron chi connectivity index (χ4n) is 5.38. The predicted octanol–water partition coefficient (Wildman–Crippen LogP) is 5.95. The van der Waals surface area contributed by atoms with E-state index in [0.717, 1.165) is 45.9 Å². The van der Waals surface area contributed by atoms with Crippen LogP contribution in [0.4, 0.5) is 11.4 Å². The number of nitrogens with one attached hydrogen (secondary N) is 2. The molecule has 3 aromatic carbocycles. The van der Waals surface area contributed by atoms with Crippen molar-refractivity contribution in [3.05, 3.63) is 89.0 Å². The van der Waals surface area contributed by atoms with Gasteiger partial charge in [0, 0.05) is 22.9 Å². The number of sulfonamides is 1. The molecule has 6 nitrogen and oxygen atoms in total. The van der Waals surface area contributed by atoms with Gasteiger partial charge in [-0.15, -0.1) is 0 Å². The van der Waals surface area contributed by atoms with Gasteiger partial charge >= 0.3 is 0 Å². The number of benzene rings is 3. The van der Waals surface area contributed by atoms with Crippen molar-refractivity contribution in [1.29, 1.82) is 0 Å². The lowest BCUT2D eigenvalue weighted by Crippen LogP contribution is -2.29. The molecule has 0 amide bonds. The number of hydrogen-bond acceptors (Lipinski definition) is 5. The third-order valence-corrected chi connectivity index (χ3v) is 8.27. The van der Waals surface area contributed by atoms with Crippen molar-refractivity contribution in [3.63, 3.8) is 0 Å². The van der Waals surface area contributed by atoms with Crippen LogP contribution in [0.3, 0.4) is 0 Å². The van der Waals surface area contributed by atoms with Crippen molar-refractivity contribution in [2.75, 3.05) is 24.3 Å². The second-order valence-corrected chi connectivity index (χ2v) is 11.0. The van der Waals surface area contributed by atoms with E-state index in [4.69, 9.17) is 9.47 Å². The first-order valence-corrected chi connectivity index (χ1v) is 13.2. The van der Waals surface area contributed by atoms with Crippen LogP contribution in [0.2, 0.25) is 0 Å². The summed E-state index contributed by atoms with van der Waals surface area (Å²) in [6.07, 6.45) is 5.26. The first kappa shape index (κ1) is 23.3. The van der Waals surface area contributed by atoms with Gasteiger partial charge in [-0.05, 0) is 91.4 Å². The van der Waals surface area contributed by atoms with Crippen LogP contribution in [0.25, 0.3) is 0 Å². The molecule has 1 aliphatic carbocycles. The van der Waals surface area contributed by atoms with Gasteiger partial charge in [0.25, 0.3) is 10.0 Å². The number of ether oxygens (including phenoxy) is 2. The van der Waals surface area contributed by atoms with Crippen LogP contribution in [0, 0.1) is 19.8 Å². The SMILES string of the molecule is COc1ccc(OC)c([C@H]2Nc3ccc(S(=O)(=O)Nc4cc(C)cc(C)c4)cc3[C@H]3C=CC[C@H]32)c1. The quantitative estimate of drug-likeness (QED) is 0.418. The van der Waals surface area contributed by atoms with E-state index in [9.17, 15) is 8.42 Å². The number of allylic oxidation sites excluding steroid dienone is 2. The molecular formula is C28H30N2O4S. The molecule has 0 fully saturated rings.